The van der Waals surface area contributed by atoms with Gasteiger partial charge in [-0.2, -0.15) is 0 Å². The van der Waals surface area contributed by atoms with Gasteiger partial charge in [-0.25, -0.2) is 14.6 Å². The molecule has 1 atom stereocenters. The summed E-state index contributed by atoms with van der Waals surface area (Å²) in [6, 6.07) is 0. The van der Waals surface area contributed by atoms with Gasteiger partial charge < -0.3 is 9.84 Å². The lowest BCUT2D eigenvalue weighted by Crippen LogP contribution is -2.25. The number of nitrogens with zero attached hydrogens (tertiary/aromatic N) is 1. The number of aliphatic imine (C=N–C) groups is 1. The number of esters is 1. The number of hydrogen-bond acceptors (Lipinski definition) is 4. The van der Waals surface area contributed by atoms with Crippen LogP contribution in [-0.4, -0.2) is 28.5 Å². The van der Waals surface area contributed by atoms with Gasteiger partial charge in [0.25, 0.3) is 0 Å². The highest BCUT2D eigenvalue weighted by Crippen LogP contribution is 2.25. The minimum absolute atomic E-state index is 0.136. The van der Waals surface area contributed by atoms with Gasteiger partial charge in [-0.3, -0.25) is 0 Å². The summed E-state index contributed by atoms with van der Waals surface area (Å²) in [7, 11) is 0. The van der Waals surface area contributed by atoms with Gasteiger partial charge in [0.1, 0.15) is 0 Å². The normalized spacial score (nSPS) is 20.8. The molecule has 18 heavy (non-hydrogen) atoms. The lowest BCUT2D eigenvalue weighted by atomic mass is 10.0. The molecule has 1 aliphatic rings. The van der Waals surface area contributed by atoms with Crippen LogP contribution in [0.25, 0.3) is 0 Å². The van der Waals surface area contributed by atoms with Crippen molar-refractivity contribution in [2.24, 2.45) is 10.9 Å². The van der Waals surface area contributed by atoms with E-state index in [1.54, 1.807) is 39.8 Å². The molecule has 1 heterocycles. The van der Waals surface area contributed by atoms with Gasteiger partial charge in [0.2, 0.25) is 5.90 Å². The first-order valence-electron chi connectivity index (χ1n) is 5.67. The summed E-state index contributed by atoms with van der Waals surface area (Å²) >= 11 is 0. The van der Waals surface area contributed by atoms with Gasteiger partial charge in [0.05, 0.1) is 5.92 Å². The van der Waals surface area contributed by atoms with Crippen molar-refractivity contribution < 1.29 is 19.4 Å². The Balaban J connectivity index is 3.03. The number of allylic oxidation sites excluding steroid dienone is 3. The average Bonchev–Trinajstić information content (AvgIpc) is 2.53. The lowest BCUT2D eigenvalue weighted by Gasteiger charge is -2.10. The molecule has 0 saturated carbocycles. The summed E-state index contributed by atoms with van der Waals surface area (Å²) in [5, 5.41) is 9.13. The van der Waals surface area contributed by atoms with E-state index in [-0.39, 0.29) is 11.5 Å². The maximum Gasteiger partial charge on any atom is 0.340 e. The van der Waals surface area contributed by atoms with Crippen LogP contribution in [0.15, 0.2) is 28.8 Å². The van der Waals surface area contributed by atoms with Crippen LogP contribution in [0.4, 0.5) is 0 Å². The fourth-order valence-corrected chi connectivity index (χ4v) is 1.48. The second kappa shape index (κ2) is 5.16. The highest BCUT2D eigenvalue weighted by molar-refractivity contribution is 6.04. The third kappa shape index (κ3) is 2.85. The third-order valence-electron chi connectivity index (χ3n) is 2.64. The summed E-state index contributed by atoms with van der Waals surface area (Å²) in [6.45, 7) is 6.70. The van der Waals surface area contributed by atoms with Crippen molar-refractivity contribution in [3.63, 3.8) is 0 Å². The van der Waals surface area contributed by atoms with Crippen LogP contribution in [0.5, 0.6) is 0 Å². The summed E-state index contributed by atoms with van der Waals surface area (Å²) < 4.78 is 5.03. The zero-order chi connectivity index (χ0) is 13.9. The molecule has 0 spiro atoms. The molecule has 98 valence electrons. The predicted molar refractivity (Wildman–Crippen MR) is 67.3 cm³/mol. The molecule has 0 aliphatic carbocycles. The average molecular weight is 251 g/mol. The molecule has 1 rings (SSSR count). The molecule has 1 aliphatic heterocycles. The standard InChI is InChI=1S/C13H17NO4/c1-5-6-7-9(11(15)16)8(2)10-14-13(3,4)12(17)18-10/h5-8H,1-4H3,(H,15,16). The number of carboxylic acid groups (broad SMARTS) is 1. The Morgan fingerprint density at radius 2 is 2.11 bits per heavy atom. The minimum atomic E-state index is -1.05. The van der Waals surface area contributed by atoms with Crippen LogP contribution in [0.2, 0.25) is 0 Å². The number of carbonyl (C=O) groups excluding carboxylic acids is 1. The molecule has 5 heteroatoms. The SMILES string of the molecule is CC=CC=C(C(=O)O)C(C)C1=NC(C)(C)C(=O)O1. The Bertz CT molecular complexity index is 458. The number of rotatable bonds is 4. The molecule has 0 aromatic heterocycles. The summed E-state index contributed by atoms with van der Waals surface area (Å²) in [5.41, 5.74) is -0.800. The van der Waals surface area contributed by atoms with E-state index in [1.807, 2.05) is 0 Å². The van der Waals surface area contributed by atoms with Crippen LogP contribution in [0, 0.1) is 5.92 Å². The molecule has 0 bridgehead atoms. The Kier molecular flexibility index (Phi) is 4.06. The van der Waals surface area contributed by atoms with E-state index < -0.39 is 23.4 Å². The highest BCUT2D eigenvalue weighted by atomic mass is 16.6. The number of hydrogen-bond donors (Lipinski definition) is 1. The van der Waals surface area contributed by atoms with E-state index in [4.69, 9.17) is 9.84 Å². The first kappa shape index (κ1) is 14.2. The second-order valence-electron chi connectivity index (χ2n) is 4.57. The number of ether oxygens (including phenoxy) is 1. The van der Waals surface area contributed by atoms with Crippen LogP contribution >= 0.6 is 0 Å². The monoisotopic (exact) mass is 251 g/mol. The third-order valence-corrected chi connectivity index (χ3v) is 2.64. The fourth-order valence-electron chi connectivity index (χ4n) is 1.48. The van der Waals surface area contributed by atoms with E-state index in [2.05, 4.69) is 4.99 Å². The minimum Gasteiger partial charge on any atom is -0.478 e. The van der Waals surface area contributed by atoms with Crippen molar-refractivity contribution in [2.45, 2.75) is 33.2 Å². The number of carbonyl (C=O) groups is 2. The second-order valence-corrected chi connectivity index (χ2v) is 4.57. The molecule has 0 saturated heterocycles. The van der Waals surface area contributed by atoms with Gasteiger partial charge in [-0.05, 0) is 27.7 Å². The Morgan fingerprint density at radius 1 is 1.50 bits per heavy atom. The van der Waals surface area contributed by atoms with E-state index in [0.29, 0.717) is 0 Å². The lowest BCUT2D eigenvalue weighted by molar-refractivity contribution is -0.138. The number of carboxylic acids is 1. The van der Waals surface area contributed by atoms with Crippen molar-refractivity contribution in [3.8, 4) is 0 Å². The molecule has 0 amide bonds. The van der Waals surface area contributed by atoms with E-state index in [1.165, 1.54) is 6.08 Å². The topological polar surface area (TPSA) is 76.0 Å². The molecule has 5 nitrogen and oxygen atoms in total. The van der Waals surface area contributed by atoms with E-state index >= 15 is 0 Å². The number of aliphatic carboxylic acids is 1. The van der Waals surface area contributed by atoms with E-state index in [9.17, 15) is 9.59 Å². The Morgan fingerprint density at radius 3 is 2.50 bits per heavy atom. The van der Waals surface area contributed by atoms with Crippen LogP contribution in [0.1, 0.15) is 27.7 Å². The quantitative estimate of drug-likeness (QED) is 0.470. The molecular formula is C13H17NO4. The van der Waals surface area contributed by atoms with Gasteiger partial charge in [-0.15, -0.1) is 0 Å². The predicted octanol–water partition coefficient (Wildman–Crippen LogP) is 1.94. The maximum atomic E-state index is 11.5. The van der Waals surface area contributed by atoms with Crippen LogP contribution in [-0.2, 0) is 14.3 Å². The van der Waals surface area contributed by atoms with Crippen molar-refractivity contribution in [3.05, 3.63) is 23.8 Å². The molecule has 1 N–H and O–H groups in total. The highest BCUT2D eigenvalue weighted by Gasteiger charge is 2.39. The van der Waals surface area contributed by atoms with Crippen molar-refractivity contribution >= 4 is 17.8 Å². The molecule has 0 fully saturated rings. The van der Waals surface area contributed by atoms with Gasteiger partial charge in [-0.1, -0.05) is 18.2 Å². The van der Waals surface area contributed by atoms with Gasteiger partial charge in [0, 0.05) is 5.57 Å². The summed E-state index contributed by atoms with van der Waals surface area (Å²) in [5.74, 6) is -1.92. The van der Waals surface area contributed by atoms with Crippen LogP contribution in [0.3, 0.4) is 0 Å². The Labute approximate surface area is 106 Å². The van der Waals surface area contributed by atoms with Crippen LogP contribution < -0.4 is 0 Å². The molecule has 1 unspecified atom stereocenters. The maximum absolute atomic E-state index is 11.5. The Hall–Kier alpha value is -1.91. The first-order valence-corrected chi connectivity index (χ1v) is 5.67. The van der Waals surface area contributed by atoms with Crippen molar-refractivity contribution in [2.75, 3.05) is 0 Å². The van der Waals surface area contributed by atoms with E-state index in [0.717, 1.165) is 0 Å². The summed E-state index contributed by atoms with van der Waals surface area (Å²) in [4.78, 5) is 26.8. The zero-order valence-electron chi connectivity index (χ0n) is 10.9. The van der Waals surface area contributed by atoms with Crippen molar-refractivity contribution in [1.29, 1.82) is 0 Å². The van der Waals surface area contributed by atoms with Gasteiger partial charge >= 0.3 is 11.9 Å². The van der Waals surface area contributed by atoms with Crippen molar-refractivity contribution in [1.82, 2.24) is 0 Å². The largest absolute Gasteiger partial charge is 0.478 e. The molecule has 0 aromatic rings. The zero-order valence-corrected chi connectivity index (χ0v) is 10.9. The summed E-state index contributed by atoms with van der Waals surface area (Å²) in [6.07, 6.45) is 4.83. The molecule has 0 radical (unpaired) electrons. The van der Waals surface area contributed by atoms with Gasteiger partial charge in [0.15, 0.2) is 5.54 Å². The fraction of sp³-hybridized carbons (Fsp3) is 0.462. The first-order chi connectivity index (χ1) is 8.29. The smallest absolute Gasteiger partial charge is 0.340 e. The molecule has 0 aromatic carbocycles. The molecular weight excluding hydrogens is 234 g/mol. The number of cyclic esters (lactones) is 1.